The Labute approximate surface area is 215 Å². The van der Waals surface area contributed by atoms with Gasteiger partial charge in [0.1, 0.15) is 0 Å². The SMILES string of the molecule is CC(C)C1c2ncc(C(=O)NCC(c3ccncc3)N(C)C)cc2CN1Cc1ccc(C(F)(F)F)cc1. The first-order valence-electron chi connectivity index (χ1n) is 12.3. The molecule has 0 radical (unpaired) electrons. The van der Waals surface area contributed by atoms with Crippen molar-refractivity contribution in [3.05, 3.63) is 94.6 Å². The number of carbonyl (C=O) groups is 1. The van der Waals surface area contributed by atoms with Gasteiger partial charge in [0.25, 0.3) is 5.91 Å². The molecule has 1 aliphatic rings. The normalized spacial score (nSPS) is 16.7. The van der Waals surface area contributed by atoms with Gasteiger partial charge in [0.05, 0.1) is 28.9 Å². The van der Waals surface area contributed by atoms with E-state index in [4.69, 9.17) is 0 Å². The highest BCUT2D eigenvalue weighted by atomic mass is 19.4. The van der Waals surface area contributed by atoms with Gasteiger partial charge in [0.15, 0.2) is 0 Å². The van der Waals surface area contributed by atoms with Crippen molar-refractivity contribution in [2.45, 2.75) is 45.2 Å². The molecule has 6 nitrogen and oxygen atoms in total. The zero-order chi connectivity index (χ0) is 26.7. The Kier molecular flexibility index (Phi) is 7.94. The first-order chi connectivity index (χ1) is 17.5. The molecular weight excluding hydrogens is 479 g/mol. The summed E-state index contributed by atoms with van der Waals surface area (Å²) in [7, 11) is 3.93. The molecule has 0 spiro atoms. The maximum Gasteiger partial charge on any atom is 0.416 e. The zero-order valence-electron chi connectivity index (χ0n) is 21.5. The highest BCUT2D eigenvalue weighted by Crippen LogP contribution is 2.39. The van der Waals surface area contributed by atoms with Crippen LogP contribution in [0.5, 0.6) is 0 Å². The number of hydrogen-bond donors (Lipinski definition) is 1. The standard InChI is InChI=1S/C28H32F3N5O/c1-18(2)26-25-22(17-36(26)16-19-5-7-23(8-6-19)28(29,30)31)13-21(14-33-25)27(37)34-15-24(35(3)4)20-9-11-32-12-10-20/h5-14,18,24,26H,15-17H2,1-4H3,(H,34,37). The summed E-state index contributed by atoms with van der Waals surface area (Å²) in [5.74, 6) is 0.0441. The van der Waals surface area contributed by atoms with Crippen molar-refractivity contribution in [3.63, 3.8) is 0 Å². The second kappa shape index (κ2) is 11.0. The second-order valence-electron chi connectivity index (χ2n) is 10.0. The van der Waals surface area contributed by atoms with Crippen LogP contribution in [0.15, 0.2) is 61.1 Å². The van der Waals surface area contributed by atoms with Crippen LogP contribution in [0.3, 0.4) is 0 Å². The molecule has 1 amide bonds. The van der Waals surface area contributed by atoms with Crippen LogP contribution in [0, 0.1) is 5.92 Å². The van der Waals surface area contributed by atoms with Crippen molar-refractivity contribution >= 4 is 5.91 Å². The van der Waals surface area contributed by atoms with Crippen LogP contribution in [0.25, 0.3) is 0 Å². The highest BCUT2D eigenvalue weighted by Gasteiger charge is 2.35. The van der Waals surface area contributed by atoms with Gasteiger partial charge in [-0.15, -0.1) is 0 Å². The summed E-state index contributed by atoms with van der Waals surface area (Å²) < 4.78 is 38.8. The van der Waals surface area contributed by atoms with Crippen LogP contribution >= 0.6 is 0 Å². The largest absolute Gasteiger partial charge is 0.416 e. The van der Waals surface area contributed by atoms with Crippen LogP contribution in [-0.2, 0) is 19.3 Å². The number of alkyl halides is 3. The lowest BCUT2D eigenvalue weighted by Crippen LogP contribution is -2.34. The van der Waals surface area contributed by atoms with Crippen molar-refractivity contribution in [1.29, 1.82) is 0 Å². The molecule has 2 atom stereocenters. The van der Waals surface area contributed by atoms with Gasteiger partial charge in [-0.25, -0.2) is 0 Å². The van der Waals surface area contributed by atoms with E-state index in [2.05, 4.69) is 34.0 Å². The first kappa shape index (κ1) is 26.8. The molecule has 4 rings (SSSR count). The summed E-state index contributed by atoms with van der Waals surface area (Å²) in [4.78, 5) is 26.0. The maximum atomic E-state index is 13.0. The lowest BCUT2D eigenvalue weighted by Gasteiger charge is -2.27. The Morgan fingerprint density at radius 1 is 1.14 bits per heavy atom. The van der Waals surface area contributed by atoms with E-state index in [9.17, 15) is 18.0 Å². The van der Waals surface area contributed by atoms with Crippen molar-refractivity contribution in [3.8, 4) is 0 Å². The number of benzene rings is 1. The number of amides is 1. The van der Waals surface area contributed by atoms with Crippen molar-refractivity contribution < 1.29 is 18.0 Å². The molecule has 9 heteroatoms. The Balaban J connectivity index is 1.47. The Bertz CT molecular complexity index is 1210. The number of hydrogen-bond acceptors (Lipinski definition) is 5. The number of pyridine rings is 2. The van der Waals surface area contributed by atoms with Crippen LogP contribution in [0.1, 0.15) is 64.2 Å². The molecule has 1 N–H and O–H groups in total. The molecule has 3 heterocycles. The predicted molar refractivity (Wildman–Crippen MR) is 136 cm³/mol. The number of carbonyl (C=O) groups excluding carboxylic acids is 1. The molecule has 3 aromatic rings. The van der Waals surface area contributed by atoms with Gasteiger partial charge in [0, 0.05) is 38.2 Å². The van der Waals surface area contributed by atoms with E-state index in [0.717, 1.165) is 34.5 Å². The summed E-state index contributed by atoms with van der Waals surface area (Å²) >= 11 is 0. The Hall–Kier alpha value is -3.30. The lowest BCUT2D eigenvalue weighted by molar-refractivity contribution is -0.137. The van der Waals surface area contributed by atoms with Gasteiger partial charge in [-0.05, 0) is 67.0 Å². The Morgan fingerprint density at radius 2 is 1.81 bits per heavy atom. The van der Waals surface area contributed by atoms with Crippen LogP contribution in [0.2, 0.25) is 0 Å². The number of nitrogens with zero attached hydrogens (tertiary/aromatic N) is 4. The number of likely N-dealkylation sites (N-methyl/N-ethyl adjacent to an activating group) is 1. The highest BCUT2D eigenvalue weighted by molar-refractivity contribution is 5.94. The fraction of sp³-hybridized carbons (Fsp3) is 0.393. The van der Waals surface area contributed by atoms with Gasteiger partial charge < -0.3 is 10.2 Å². The number of aromatic nitrogens is 2. The topological polar surface area (TPSA) is 61.4 Å². The number of nitrogens with one attached hydrogen (secondary N) is 1. The summed E-state index contributed by atoms with van der Waals surface area (Å²) in [5, 5.41) is 3.03. The van der Waals surface area contributed by atoms with E-state index in [-0.39, 0.29) is 23.9 Å². The van der Waals surface area contributed by atoms with Crippen molar-refractivity contribution in [2.24, 2.45) is 5.92 Å². The molecule has 1 aliphatic heterocycles. The van der Waals surface area contributed by atoms with E-state index in [1.807, 2.05) is 37.2 Å². The average Bonchev–Trinajstić information content (AvgIpc) is 3.21. The van der Waals surface area contributed by atoms with Gasteiger partial charge in [-0.3, -0.25) is 19.7 Å². The zero-order valence-corrected chi connectivity index (χ0v) is 21.5. The predicted octanol–water partition coefficient (Wildman–Crippen LogP) is 5.24. The van der Waals surface area contributed by atoms with Gasteiger partial charge in [-0.2, -0.15) is 13.2 Å². The van der Waals surface area contributed by atoms with Crippen molar-refractivity contribution in [1.82, 2.24) is 25.1 Å². The van der Waals surface area contributed by atoms with Crippen molar-refractivity contribution in [2.75, 3.05) is 20.6 Å². The van der Waals surface area contributed by atoms with Gasteiger partial charge in [-0.1, -0.05) is 26.0 Å². The maximum absolute atomic E-state index is 13.0. The summed E-state index contributed by atoms with van der Waals surface area (Å²) in [5.41, 5.74) is 3.59. The minimum absolute atomic E-state index is 0.00103. The van der Waals surface area contributed by atoms with E-state index in [1.165, 1.54) is 12.1 Å². The molecule has 2 unspecified atom stereocenters. The second-order valence-corrected chi connectivity index (χ2v) is 10.0. The minimum atomic E-state index is -4.35. The third-order valence-corrected chi connectivity index (χ3v) is 6.78. The summed E-state index contributed by atoms with van der Waals surface area (Å²) in [6.07, 6.45) is 0.732. The summed E-state index contributed by atoms with van der Waals surface area (Å²) in [6, 6.07) is 11.1. The monoisotopic (exact) mass is 511 g/mol. The molecule has 0 fully saturated rings. The third kappa shape index (κ3) is 6.17. The fourth-order valence-electron chi connectivity index (χ4n) is 4.93. The third-order valence-electron chi connectivity index (χ3n) is 6.78. The number of fused-ring (bicyclic) bond motifs is 1. The smallest absolute Gasteiger partial charge is 0.350 e. The first-order valence-corrected chi connectivity index (χ1v) is 12.3. The molecule has 0 saturated carbocycles. The fourth-order valence-corrected chi connectivity index (χ4v) is 4.93. The molecule has 0 aliphatic carbocycles. The average molecular weight is 512 g/mol. The lowest BCUT2D eigenvalue weighted by atomic mass is 9.99. The molecular formula is C28H32F3N5O. The molecule has 196 valence electrons. The van der Waals surface area contributed by atoms with Crippen LogP contribution in [0.4, 0.5) is 13.2 Å². The van der Waals surface area contributed by atoms with Gasteiger partial charge >= 0.3 is 6.18 Å². The Morgan fingerprint density at radius 3 is 2.41 bits per heavy atom. The van der Waals surface area contributed by atoms with E-state index in [1.54, 1.807) is 18.6 Å². The van der Waals surface area contributed by atoms with Gasteiger partial charge in [0.2, 0.25) is 0 Å². The number of rotatable bonds is 8. The van der Waals surface area contributed by atoms with Crippen LogP contribution < -0.4 is 5.32 Å². The molecule has 37 heavy (non-hydrogen) atoms. The molecule has 1 aromatic carbocycles. The quantitative estimate of drug-likeness (QED) is 0.448. The number of halogens is 3. The minimum Gasteiger partial charge on any atom is -0.350 e. The molecule has 0 saturated heterocycles. The molecule has 0 bridgehead atoms. The van der Waals surface area contributed by atoms with E-state index < -0.39 is 11.7 Å². The van der Waals surface area contributed by atoms with Crippen LogP contribution in [-0.4, -0.2) is 46.3 Å². The van der Waals surface area contributed by atoms with E-state index >= 15 is 0 Å². The van der Waals surface area contributed by atoms with E-state index in [0.29, 0.717) is 25.2 Å². The summed E-state index contributed by atoms with van der Waals surface area (Å²) in [6.45, 7) is 5.70. The molecule has 2 aromatic heterocycles.